The lowest BCUT2D eigenvalue weighted by molar-refractivity contribution is -0.142. The fourth-order valence-corrected chi connectivity index (χ4v) is 2.33. The van der Waals surface area contributed by atoms with Crippen LogP contribution in [0.2, 0.25) is 0 Å². The first-order valence-electron chi connectivity index (χ1n) is 8.68. The highest BCUT2D eigenvalue weighted by Gasteiger charge is 2.28. The average Bonchev–Trinajstić information content (AvgIpc) is 2.59. The molecule has 148 valence electrons. The van der Waals surface area contributed by atoms with Gasteiger partial charge in [0, 0.05) is 33.3 Å². The van der Waals surface area contributed by atoms with E-state index in [1.807, 2.05) is 37.3 Å². The number of alkyl halides is 3. The van der Waals surface area contributed by atoms with Crippen LogP contribution in [-0.4, -0.2) is 63.9 Å². The van der Waals surface area contributed by atoms with Gasteiger partial charge in [0.1, 0.15) is 0 Å². The number of likely N-dealkylation sites (N-methyl/N-ethyl adjacent to an activating group) is 1. The molecular weight excluding hydrogens is 345 g/mol. The number of rotatable bonds is 10. The third-order valence-corrected chi connectivity index (χ3v) is 3.71. The van der Waals surface area contributed by atoms with E-state index in [0.717, 1.165) is 12.0 Å². The van der Waals surface area contributed by atoms with Gasteiger partial charge in [-0.3, -0.25) is 9.89 Å². The fraction of sp³-hybridized carbons (Fsp3) is 0.611. The van der Waals surface area contributed by atoms with Crippen LogP contribution >= 0.6 is 0 Å². The largest absolute Gasteiger partial charge is 0.401 e. The number of nitrogens with zero attached hydrogens (tertiary/aromatic N) is 2. The molecular formula is C18H29F3N4O. The van der Waals surface area contributed by atoms with E-state index in [-0.39, 0.29) is 12.6 Å². The first-order valence-corrected chi connectivity index (χ1v) is 8.68. The standard InChI is InChI=1S/C18H29F3N4O/c1-15(16-8-5-4-6-9-16)26-13-7-10-23-17(22-2)24-11-12-25(3)14-18(19,20)21/h4-6,8-9,15H,7,10-14H2,1-3H3,(H2,22,23,24). The van der Waals surface area contributed by atoms with E-state index >= 15 is 0 Å². The minimum atomic E-state index is -4.18. The molecule has 0 saturated heterocycles. The summed E-state index contributed by atoms with van der Waals surface area (Å²) in [4.78, 5) is 5.27. The molecule has 0 fully saturated rings. The molecule has 1 unspecified atom stereocenters. The smallest absolute Gasteiger partial charge is 0.374 e. The van der Waals surface area contributed by atoms with Gasteiger partial charge in [0.2, 0.25) is 0 Å². The molecule has 1 aromatic rings. The molecule has 2 N–H and O–H groups in total. The van der Waals surface area contributed by atoms with E-state index in [1.54, 1.807) is 7.05 Å². The summed E-state index contributed by atoms with van der Waals surface area (Å²) in [5.41, 5.74) is 1.14. The number of hydrogen-bond acceptors (Lipinski definition) is 3. The first-order chi connectivity index (χ1) is 12.3. The van der Waals surface area contributed by atoms with Gasteiger partial charge in [0.15, 0.2) is 5.96 Å². The quantitative estimate of drug-likeness (QED) is 0.376. The zero-order valence-electron chi connectivity index (χ0n) is 15.6. The van der Waals surface area contributed by atoms with Gasteiger partial charge in [-0.05, 0) is 26.0 Å². The molecule has 0 saturated carbocycles. The van der Waals surface area contributed by atoms with Gasteiger partial charge in [0.25, 0.3) is 0 Å². The van der Waals surface area contributed by atoms with Crippen molar-refractivity contribution < 1.29 is 17.9 Å². The third kappa shape index (κ3) is 10.2. The van der Waals surface area contributed by atoms with Crippen LogP contribution in [0.4, 0.5) is 13.2 Å². The average molecular weight is 374 g/mol. The molecule has 26 heavy (non-hydrogen) atoms. The van der Waals surface area contributed by atoms with E-state index < -0.39 is 12.7 Å². The lowest BCUT2D eigenvalue weighted by Gasteiger charge is -2.19. The van der Waals surface area contributed by atoms with E-state index in [0.29, 0.717) is 25.7 Å². The van der Waals surface area contributed by atoms with Crippen LogP contribution in [0.15, 0.2) is 35.3 Å². The number of halogens is 3. The minimum absolute atomic E-state index is 0.0396. The Balaban J connectivity index is 2.13. The van der Waals surface area contributed by atoms with Crippen molar-refractivity contribution in [3.63, 3.8) is 0 Å². The van der Waals surface area contributed by atoms with Crippen LogP contribution in [0.5, 0.6) is 0 Å². The van der Waals surface area contributed by atoms with Gasteiger partial charge in [-0.15, -0.1) is 0 Å². The molecule has 0 aliphatic rings. The van der Waals surface area contributed by atoms with Crippen molar-refractivity contribution in [2.24, 2.45) is 4.99 Å². The molecule has 0 bridgehead atoms. The molecule has 0 heterocycles. The maximum Gasteiger partial charge on any atom is 0.401 e. The van der Waals surface area contributed by atoms with E-state index in [2.05, 4.69) is 15.6 Å². The van der Waals surface area contributed by atoms with Crippen molar-refractivity contribution in [3.05, 3.63) is 35.9 Å². The highest BCUT2D eigenvalue weighted by atomic mass is 19.4. The van der Waals surface area contributed by atoms with Crippen LogP contribution in [0.1, 0.15) is 25.0 Å². The monoisotopic (exact) mass is 374 g/mol. The predicted molar refractivity (Wildman–Crippen MR) is 98.3 cm³/mol. The Morgan fingerprint density at radius 2 is 1.85 bits per heavy atom. The highest BCUT2D eigenvalue weighted by molar-refractivity contribution is 5.79. The van der Waals surface area contributed by atoms with Gasteiger partial charge < -0.3 is 15.4 Å². The van der Waals surface area contributed by atoms with Gasteiger partial charge in [-0.1, -0.05) is 30.3 Å². The van der Waals surface area contributed by atoms with Crippen molar-refractivity contribution in [2.75, 3.05) is 46.9 Å². The third-order valence-electron chi connectivity index (χ3n) is 3.71. The van der Waals surface area contributed by atoms with Crippen molar-refractivity contribution in [2.45, 2.75) is 25.6 Å². The van der Waals surface area contributed by atoms with Crippen LogP contribution in [0.25, 0.3) is 0 Å². The lowest BCUT2D eigenvalue weighted by Crippen LogP contribution is -2.42. The normalized spacial score (nSPS) is 13.7. The highest BCUT2D eigenvalue weighted by Crippen LogP contribution is 2.16. The zero-order valence-corrected chi connectivity index (χ0v) is 15.6. The van der Waals surface area contributed by atoms with Crippen LogP contribution in [-0.2, 0) is 4.74 Å². The van der Waals surface area contributed by atoms with Crippen LogP contribution in [0, 0.1) is 0 Å². The maximum absolute atomic E-state index is 12.3. The molecule has 1 aromatic carbocycles. The van der Waals surface area contributed by atoms with Gasteiger partial charge >= 0.3 is 6.18 Å². The number of guanidine groups is 1. The summed E-state index contributed by atoms with van der Waals surface area (Å²) in [6.07, 6.45) is -3.34. The molecule has 5 nitrogen and oxygen atoms in total. The molecule has 1 atom stereocenters. The van der Waals surface area contributed by atoms with Gasteiger partial charge in [-0.25, -0.2) is 0 Å². The summed E-state index contributed by atoms with van der Waals surface area (Å²) in [5, 5.41) is 6.12. The second-order valence-electron chi connectivity index (χ2n) is 6.06. The van der Waals surface area contributed by atoms with Gasteiger partial charge in [0.05, 0.1) is 12.6 Å². The molecule has 1 rings (SSSR count). The fourth-order valence-electron chi connectivity index (χ4n) is 2.33. The van der Waals surface area contributed by atoms with Crippen molar-refractivity contribution in [1.29, 1.82) is 0 Å². The number of ether oxygens (including phenoxy) is 1. The topological polar surface area (TPSA) is 48.9 Å². The van der Waals surface area contributed by atoms with Crippen molar-refractivity contribution >= 4 is 5.96 Å². The number of hydrogen-bond donors (Lipinski definition) is 2. The summed E-state index contributed by atoms with van der Waals surface area (Å²) in [5.74, 6) is 0.571. The molecule has 0 aliphatic heterocycles. The molecule has 0 aromatic heterocycles. The SMILES string of the molecule is CN=C(NCCCOC(C)c1ccccc1)NCCN(C)CC(F)(F)F. The van der Waals surface area contributed by atoms with Crippen LogP contribution in [0.3, 0.4) is 0 Å². The molecule has 0 amide bonds. The second kappa shape index (κ2) is 11.7. The lowest BCUT2D eigenvalue weighted by atomic mass is 10.1. The number of nitrogens with one attached hydrogen (secondary N) is 2. The Labute approximate surface area is 153 Å². The summed E-state index contributed by atoms with van der Waals surface area (Å²) >= 11 is 0. The zero-order chi connectivity index (χ0) is 19.4. The maximum atomic E-state index is 12.3. The number of benzene rings is 1. The Morgan fingerprint density at radius 3 is 2.46 bits per heavy atom. The first kappa shape index (κ1) is 22.2. The van der Waals surface area contributed by atoms with Gasteiger partial charge in [-0.2, -0.15) is 13.2 Å². The Hall–Kier alpha value is -1.80. The Bertz CT molecular complexity index is 523. The summed E-state index contributed by atoms with van der Waals surface area (Å²) < 4.78 is 42.5. The molecule has 0 aliphatic carbocycles. The summed E-state index contributed by atoms with van der Waals surface area (Å²) in [7, 11) is 3.07. The second-order valence-corrected chi connectivity index (χ2v) is 6.06. The number of aliphatic imine (C=N–C) groups is 1. The van der Waals surface area contributed by atoms with E-state index in [4.69, 9.17) is 4.74 Å². The Morgan fingerprint density at radius 1 is 1.19 bits per heavy atom. The van der Waals surface area contributed by atoms with E-state index in [1.165, 1.54) is 11.9 Å². The molecule has 8 heteroatoms. The molecule has 0 spiro atoms. The summed E-state index contributed by atoms with van der Waals surface area (Å²) in [6, 6.07) is 10.0. The molecule has 0 radical (unpaired) electrons. The predicted octanol–water partition coefficient (Wildman–Crippen LogP) is 2.81. The minimum Gasteiger partial charge on any atom is -0.374 e. The van der Waals surface area contributed by atoms with Crippen molar-refractivity contribution in [1.82, 2.24) is 15.5 Å². The Kier molecular flexibility index (Phi) is 10.0. The summed E-state index contributed by atoms with van der Waals surface area (Å²) in [6.45, 7) is 3.03. The van der Waals surface area contributed by atoms with Crippen molar-refractivity contribution in [3.8, 4) is 0 Å². The van der Waals surface area contributed by atoms with Crippen LogP contribution < -0.4 is 10.6 Å². The van der Waals surface area contributed by atoms with E-state index in [9.17, 15) is 13.2 Å².